The van der Waals surface area contributed by atoms with Crippen molar-refractivity contribution >= 4 is 21.4 Å². The molecule has 4 nitrogen and oxygen atoms in total. The number of aliphatic hydroxyl groups excluding tert-OH is 1. The number of alkyl halides is 5. The molecule has 0 aliphatic carbocycles. The second kappa shape index (κ2) is 6.01. The smallest absolute Gasteiger partial charge is 0.420 e. The molecule has 1 unspecified atom stereocenters. The predicted octanol–water partition coefficient (Wildman–Crippen LogP) is 4.70. The van der Waals surface area contributed by atoms with Crippen molar-refractivity contribution in [3.8, 4) is 11.5 Å². The van der Waals surface area contributed by atoms with Crippen LogP contribution in [0.3, 0.4) is 0 Å². The van der Waals surface area contributed by atoms with Crippen LogP contribution in [0.25, 0.3) is 0 Å². The van der Waals surface area contributed by atoms with Gasteiger partial charge in [-0.1, -0.05) is 11.6 Å². The number of hydrogen-bond acceptors (Lipinski definition) is 4. The molecule has 1 aliphatic rings. The molecule has 0 aromatic heterocycles. The fraction of sp³-hybridized carbons (Fsp3) is 0.200. The van der Waals surface area contributed by atoms with E-state index in [-0.39, 0.29) is 5.02 Å². The summed E-state index contributed by atoms with van der Waals surface area (Å²) in [4.78, 5) is -1.36. The fourth-order valence-electron chi connectivity index (χ4n) is 2.64. The van der Waals surface area contributed by atoms with Gasteiger partial charge >= 0.3 is 11.4 Å². The number of rotatable bonds is 2. The number of sulfone groups is 1. The highest BCUT2D eigenvalue weighted by molar-refractivity contribution is 7.92. The molecule has 1 heterocycles. The van der Waals surface area contributed by atoms with Crippen LogP contribution < -0.4 is 4.74 Å². The quantitative estimate of drug-likeness (QED) is 0.698. The Kier molecular flexibility index (Phi) is 4.40. The maximum atomic E-state index is 13.8. The van der Waals surface area contributed by atoms with E-state index in [0.717, 1.165) is 12.1 Å². The molecule has 0 bridgehead atoms. The molecule has 2 aromatic carbocycles. The summed E-state index contributed by atoms with van der Waals surface area (Å²) in [6.45, 7) is 0. The lowest BCUT2D eigenvalue weighted by Gasteiger charge is -2.19. The molecular weight excluding hydrogens is 426 g/mol. The topological polar surface area (TPSA) is 63.6 Å². The first-order chi connectivity index (χ1) is 12.3. The summed E-state index contributed by atoms with van der Waals surface area (Å²) in [6, 6.07) is 3.44. The summed E-state index contributed by atoms with van der Waals surface area (Å²) in [5.74, 6) is -2.54. The second-order valence-electron chi connectivity index (χ2n) is 5.52. The molecule has 0 radical (unpaired) electrons. The van der Waals surface area contributed by atoms with E-state index < -0.39 is 60.7 Å². The van der Waals surface area contributed by atoms with E-state index in [1.54, 1.807) is 0 Å². The van der Waals surface area contributed by atoms with Crippen LogP contribution in [0, 0.1) is 5.82 Å². The summed E-state index contributed by atoms with van der Waals surface area (Å²) in [5, 5.41) is 4.54. The molecule has 0 saturated carbocycles. The van der Waals surface area contributed by atoms with Crippen molar-refractivity contribution in [2.24, 2.45) is 0 Å². The minimum atomic E-state index is -5.54. The van der Waals surface area contributed by atoms with Gasteiger partial charge in [-0.25, -0.2) is 12.8 Å². The molecule has 12 heteroatoms. The van der Waals surface area contributed by atoms with Gasteiger partial charge in [-0.15, -0.1) is 0 Å². The van der Waals surface area contributed by atoms with Gasteiger partial charge < -0.3 is 9.84 Å². The minimum Gasteiger partial charge on any atom is -0.457 e. The highest BCUT2D eigenvalue weighted by atomic mass is 35.5. The van der Waals surface area contributed by atoms with Crippen LogP contribution in [-0.4, -0.2) is 18.8 Å². The van der Waals surface area contributed by atoms with Gasteiger partial charge in [-0.2, -0.15) is 22.0 Å². The lowest BCUT2D eigenvalue weighted by molar-refractivity contribution is -0.141. The Balaban J connectivity index is 2.26. The summed E-state index contributed by atoms with van der Waals surface area (Å²) < 4.78 is 110. The molecule has 146 valence electrons. The minimum absolute atomic E-state index is 0.214. The van der Waals surface area contributed by atoms with Gasteiger partial charge in [0.2, 0.25) is 9.84 Å². The van der Waals surface area contributed by atoms with Crippen molar-refractivity contribution in [2.75, 3.05) is 0 Å². The van der Waals surface area contributed by atoms with Gasteiger partial charge in [0.05, 0.1) is 4.90 Å². The Labute approximate surface area is 152 Å². The van der Waals surface area contributed by atoms with E-state index in [2.05, 4.69) is 0 Å². The second-order valence-corrected chi connectivity index (χ2v) is 7.95. The van der Waals surface area contributed by atoms with Crippen LogP contribution in [0.2, 0.25) is 5.02 Å². The summed E-state index contributed by atoms with van der Waals surface area (Å²) in [5.41, 5.74) is -3.44. The first-order valence-electron chi connectivity index (χ1n) is 6.95. The predicted molar refractivity (Wildman–Crippen MR) is 80.0 cm³/mol. The zero-order valence-electron chi connectivity index (χ0n) is 12.7. The standard InChI is InChI=1S/C15H7ClF6O4S/c16-6-3-7(17)5-8(4-6)26-9-1-2-10-11(12(9)14(18,19)20)13(23)15(21,22)27(10,24)25/h1-5,13,23H. The molecular formula is C15H7ClF6O4S. The first kappa shape index (κ1) is 19.8. The van der Waals surface area contributed by atoms with E-state index in [0.29, 0.717) is 18.2 Å². The molecule has 27 heavy (non-hydrogen) atoms. The number of aliphatic hydroxyl groups is 1. The average Bonchev–Trinajstić information content (AvgIpc) is 2.63. The zero-order valence-corrected chi connectivity index (χ0v) is 14.3. The van der Waals surface area contributed by atoms with E-state index in [4.69, 9.17) is 16.3 Å². The number of halogens is 7. The molecule has 0 spiro atoms. The molecule has 0 fully saturated rings. The van der Waals surface area contributed by atoms with Gasteiger partial charge in [0, 0.05) is 16.7 Å². The van der Waals surface area contributed by atoms with E-state index in [1.807, 2.05) is 0 Å². The van der Waals surface area contributed by atoms with E-state index in [9.17, 15) is 39.9 Å². The highest BCUT2D eigenvalue weighted by Crippen LogP contribution is 2.55. The van der Waals surface area contributed by atoms with Crippen molar-refractivity contribution in [1.29, 1.82) is 0 Å². The van der Waals surface area contributed by atoms with Crippen LogP contribution in [0.15, 0.2) is 35.2 Å². The molecule has 0 saturated heterocycles. The SMILES string of the molecule is O=S1(=O)c2ccc(Oc3cc(F)cc(Cl)c3)c(C(F)(F)F)c2C(O)C1(F)F. The van der Waals surface area contributed by atoms with Crippen molar-refractivity contribution in [1.82, 2.24) is 0 Å². The number of hydrogen-bond donors (Lipinski definition) is 1. The monoisotopic (exact) mass is 432 g/mol. The van der Waals surface area contributed by atoms with E-state index >= 15 is 0 Å². The Hall–Kier alpha value is -1.98. The molecule has 1 N–H and O–H groups in total. The Morgan fingerprint density at radius 3 is 2.33 bits per heavy atom. The first-order valence-corrected chi connectivity index (χ1v) is 8.81. The van der Waals surface area contributed by atoms with E-state index in [1.165, 1.54) is 0 Å². The van der Waals surface area contributed by atoms with Gasteiger partial charge in [0.15, 0.2) is 6.10 Å². The van der Waals surface area contributed by atoms with Crippen molar-refractivity contribution in [3.63, 3.8) is 0 Å². The number of ether oxygens (including phenoxy) is 1. The normalized spacial score (nSPS) is 20.4. The van der Waals surface area contributed by atoms with Crippen molar-refractivity contribution in [3.05, 3.63) is 52.3 Å². The molecule has 0 amide bonds. The van der Waals surface area contributed by atoms with Gasteiger partial charge in [-0.3, -0.25) is 0 Å². The Morgan fingerprint density at radius 1 is 1.15 bits per heavy atom. The number of fused-ring (bicyclic) bond motifs is 1. The number of benzene rings is 2. The van der Waals surface area contributed by atoms with Gasteiger partial charge in [0.1, 0.15) is 22.9 Å². The van der Waals surface area contributed by atoms with Crippen LogP contribution in [0.4, 0.5) is 26.3 Å². The Bertz CT molecular complexity index is 1020. The third kappa shape index (κ3) is 3.03. The van der Waals surface area contributed by atoms with Crippen molar-refractivity contribution in [2.45, 2.75) is 22.4 Å². The van der Waals surface area contributed by atoms with Gasteiger partial charge in [0.25, 0.3) is 0 Å². The fourth-order valence-corrected chi connectivity index (χ4v) is 4.31. The summed E-state index contributed by atoms with van der Waals surface area (Å²) in [6.07, 6.45) is -8.62. The maximum Gasteiger partial charge on any atom is 0.420 e. The van der Waals surface area contributed by atoms with Crippen molar-refractivity contribution < 1.29 is 44.6 Å². The summed E-state index contributed by atoms with van der Waals surface area (Å²) in [7, 11) is -5.54. The van der Waals surface area contributed by atoms with Crippen LogP contribution >= 0.6 is 11.6 Å². The highest BCUT2D eigenvalue weighted by Gasteiger charge is 2.63. The molecule has 3 rings (SSSR count). The zero-order chi connectivity index (χ0) is 20.4. The molecule has 1 atom stereocenters. The lowest BCUT2D eigenvalue weighted by Crippen LogP contribution is -2.29. The maximum absolute atomic E-state index is 13.8. The lowest BCUT2D eigenvalue weighted by atomic mass is 10.0. The molecule has 1 aliphatic heterocycles. The third-order valence-electron chi connectivity index (χ3n) is 3.75. The summed E-state index contributed by atoms with van der Waals surface area (Å²) >= 11 is 5.58. The van der Waals surface area contributed by atoms with Crippen LogP contribution in [0.5, 0.6) is 11.5 Å². The average molecular weight is 433 g/mol. The van der Waals surface area contributed by atoms with Crippen LogP contribution in [-0.2, 0) is 16.0 Å². The van der Waals surface area contributed by atoms with Crippen LogP contribution in [0.1, 0.15) is 17.2 Å². The molecule has 2 aromatic rings. The van der Waals surface area contributed by atoms with Gasteiger partial charge in [-0.05, 0) is 24.3 Å². The largest absolute Gasteiger partial charge is 0.457 e. The third-order valence-corrected chi connectivity index (χ3v) is 5.85. The Morgan fingerprint density at radius 2 is 1.78 bits per heavy atom.